The fraction of sp³-hybridized carbons (Fsp3) is 0.588. The van der Waals surface area contributed by atoms with E-state index in [1.54, 1.807) is 12.1 Å². The summed E-state index contributed by atoms with van der Waals surface area (Å²) in [6.07, 6.45) is 6.34. The first-order valence-electron chi connectivity index (χ1n) is 7.72. The van der Waals surface area contributed by atoms with Gasteiger partial charge in [-0.1, -0.05) is 30.5 Å². The highest BCUT2D eigenvalue weighted by molar-refractivity contribution is 6.30. The Morgan fingerprint density at radius 2 is 2.19 bits per heavy atom. The van der Waals surface area contributed by atoms with E-state index in [2.05, 4.69) is 0 Å². The first kappa shape index (κ1) is 14.9. The smallest absolute Gasteiger partial charge is 0.173 e. The molecule has 3 nitrogen and oxygen atoms in total. The lowest BCUT2D eigenvalue weighted by molar-refractivity contribution is -0.138. The second kappa shape index (κ2) is 6.37. The third-order valence-corrected chi connectivity index (χ3v) is 4.88. The van der Waals surface area contributed by atoms with E-state index in [0.29, 0.717) is 17.4 Å². The SMILES string of the molecule is O=C(COc1cccc(Cl)c1)C1CCOC2(CCCC2)C1. The van der Waals surface area contributed by atoms with Gasteiger partial charge in [-0.2, -0.15) is 0 Å². The quantitative estimate of drug-likeness (QED) is 0.842. The van der Waals surface area contributed by atoms with E-state index < -0.39 is 0 Å². The van der Waals surface area contributed by atoms with Gasteiger partial charge in [-0.3, -0.25) is 4.79 Å². The molecule has 0 amide bonds. The number of benzene rings is 1. The van der Waals surface area contributed by atoms with Crippen molar-refractivity contribution >= 4 is 17.4 Å². The average Bonchev–Trinajstić information content (AvgIpc) is 2.93. The van der Waals surface area contributed by atoms with E-state index in [-0.39, 0.29) is 23.9 Å². The lowest BCUT2D eigenvalue weighted by Crippen LogP contribution is -2.40. The first-order valence-corrected chi connectivity index (χ1v) is 8.10. The largest absolute Gasteiger partial charge is 0.486 e. The number of hydrogen-bond donors (Lipinski definition) is 0. The minimum atomic E-state index is -0.0192. The van der Waals surface area contributed by atoms with Gasteiger partial charge in [0, 0.05) is 17.5 Å². The van der Waals surface area contributed by atoms with Crippen molar-refractivity contribution in [2.24, 2.45) is 5.92 Å². The Morgan fingerprint density at radius 1 is 1.38 bits per heavy atom. The molecule has 1 saturated heterocycles. The predicted molar refractivity (Wildman–Crippen MR) is 81.8 cm³/mol. The second-order valence-corrected chi connectivity index (χ2v) is 6.58. The topological polar surface area (TPSA) is 35.5 Å². The van der Waals surface area contributed by atoms with Crippen LogP contribution in [0.15, 0.2) is 24.3 Å². The number of rotatable bonds is 4. The number of Topliss-reactive ketones (excluding diaryl/α,β-unsaturated/α-hetero) is 1. The number of ether oxygens (including phenoxy) is 2. The van der Waals surface area contributed by atoms with Crippen LogP contribution in [0.1, 0.15) is 38.5 Å². The van der Waals surface area contributed by atoms with Gasteiger partial charge in [-0.25, -0.2) is 0 Å². The molecule has 21 heavy (non-hydrogen) atoms. The normalized spacial score (nSPS) is 24.1. The van der Waals surface area contributed by atoms with Gasteiger partial charge in [0.25, 0.3) is 0 Å². The predicted octanol–water partition coefficient (Wildman–Crippen LogP) is 4.03. The zero-order chi connectivity index (χ0) is 14.7. The summed E-state index contributed by atoms with van der Waals surface area (Å²) in [6.45, 7) is 0.828. The van der Waals surface area contributed by atoms with E-state index >= 15 is 0 Å². The van der Waals surface area contributed by atoms with Crippen molar-refractivity contribution in [1.29, 1.82) is 0 Å². The molecule has 0 bridgehead atoms. The molecule has 0 N–H and O–H groups in total. The Balaban J connectivity index is 1.55. The maximum absolute atomic E-state index is 12.4. The lowest BCUT2D eigenvalue weighted by atomic mass is 9.82. The molecule has 0 aromatic heterocycles. The van der Waals surface area contributed by atoms with Crippen molar-refractivity contribution in [1.82, 2.24) is 0 Å². The number of carbonyl (C=O) groups excluding carboxylic acids is 1. The van der Waals surface area contributed by atoms with Crippen molar-refractivity contribution < 1.29 is 14.3 Å². The Labute approximate surface area is 130 Å². The molecule has 1 aromatic carbocycles. The van der Waals surface area contributed by atoms with Gasteiger partial charge in [-0.15, -0.1) is 0 Å². The monoisotopic (exact) mass is 308 g/mol. The van der Waals surface area contributed by atoms with Crippen LogP contribution in [0.25, 0.3) is 0 Å². The molecule has 1 unspecified atom stereocenters. The van der Waals surface area contributed by atoms with Crippen molar-refractivity contribution in [3.63, 3.8) is 0 Å². The molecule has 2 fully saturated rings. The summed E-state index contributed by atoms with van der Waals surface area (Å²) in [7, 11) is 0. The summed E-state index contributed by atoms with van der Waals surface area (Å²) < 4.78 is 11.6. The summed E-state index contributed by atoms with van der Waals surface area (Å²) in [6, 6.07) is 7.17. The van der Waals surface area contributed by atoms with Crippen molar-refractivity contribution in [2.45, 2.75) is 44.1 Å². The van der Waals surface area contributed by atoms with Gasteiger partial charge in [0.15, 0.2) is 5.78 Å². The Hall–Kier alpha value is -1.06. The van der Waals surface area contributed by atoms with Gasteiger partial charge in [0.1, 0.15) is 12.4 Å². The molecule has 4 heteroatoms. The third-order valence-electron chi connectivity index (χ3n) is 4.64. The summed E-state index contributed by atoms with van der Waals surface area (Å²) in [5, 5.41) is 0.621. The molecule has 1 aliphatic carbocycles. The molecule has 114 valence electrons. The molecule has 1 saturated carbocycles. The molecular formula is C17H21ClO3. The Morgan fingerprint density at radius 3 is 2.95 bits per heavy atom. The van der Waals surface area contributed by atoms with Gasteiger partial charge in [-0.05, 0) is 43.9 Å². The fourth-order valence-electron chi connectivity index (χ4n) is 3.50. The molecule has 1 atom stereocenters. The highest BCUT2D eigenvalue weighted by atomic mass is 35.5. The van der Waals surface area contributed by atoms with Gasteiger partial charge < -0.3 is 9.47 Å². The zero-order valence-corrected chi connectivity index (χ0v) is 12.9. The van der Waals surface area contributed by atoms with Gasteiger partial charge >= 0.3 is 0 Å². The average molecular weight is 309 g/mol. The molecular weight excluding hydrogens is 288 g/mol. The van der Waals surface area contributed by atoms with Crippen LogP contribution in [0.5, 0.6) is 5.75 Å². The van der Waals surface area contributed by atoms with Crippen molar-refractivity contribution in [3.05, 3.63) is 29.3 Å². The van der Waals surface area contributed by atoms with Crippen molar-refractivity contribution in [2.75, 3.05) is 13.2 Å². The van der Waals surface area contributed by atoms with Crippen LogP contribution in [-0.4, -0.2) is 24.6 Å². The molecule has 1 spiro atoms. The van der Waals surface area contributed by atoms with Crippen LogP contribution < -0.4 is 4.74 Å². The van der Waals surface area contributed by atoms with Crippen LogP contribution in [0.2, 0.25) is 5.02 Å². The van der Waals surface area contributed by atoms with E-state index in [0.717, 1.165) is 25.7 Å². The summed E-state index contributed by atoms with van der Waals surface area (Å²) in [4.78, 5) is 12.4. The number of carbonyl (C=O) groups is 1. The minimum Gasteiger partial charge on any atom is -0.486 e. The van der Waals surface area contributed by atoms with Crippen molar-refractivity contribution in [3.8, 4) is 5.75 Å². The minimum absolute atomic E-state index is 0.0192. The summed E-state index contributed by atoms with van der Waals surface area (Å²) in [5.41, 5.74) is -0.0192. The van der Waals surface area contributed by atoms with Crippen LogP contribution in [-0.2, 0) is 9.53 Å². The summed E-state index contributed by atoms with van der Waals surface area (Å²) in [5.74, 6) is 0.916. The molecule has 1 aromatic rings. The van der Waals surface area contributed by atoms with E-state index in [1.165, 1.54) is 12.8 Å². The number of halogens is 1. The van der Waals surface area contributed by atoms with Crippen LogP contribution in [0, 0.1) is 5.92 Å². The van der Waals surface area contributed by atoms with Crippen LogP contribution >= 0.6 is 11.6 Å². The summed E-state index contributed by atoms with van der Waals surface area (Å²) >= 11 is 5.91. The second-order valence-electron chi connectivity index (χ2n) is 6.14. The fourth-order valence-corrected chi connectivity index (χ4v) is 3.68. The Kier molecular flexibility index (Phi) is 4.51. The van der Waals surface area contributed by atoms with E-state index in [1.807, 2.05) is 12.1 Å². The molecule has 2 aliphatic rings. The molecule has 1 aliphatic heterocycles. The highest BCUT2D eigenvalue weighted by Gasteiger charge is 2.41. The van der Waals surface area contributed by atoms with Gasteiger partial charge in [0.05, 0.1) is 5.60 Å². The first-order chi connectivity index (χ1) is 10.2. The third kappa shape index (κ3) is 3.58. The number of ketones is 1. The molecule has 1 heterocycles. The van der Waals surface area contributed by atoms with Gasteiger partial charge in [0.2, 0.25) is 0 Å². The standard InChI is InChI=1S/C17H21ClO3/c18-14-4-3-5-15(10-14)20-12-16(19)13-6-9-21-17(11-13)7-1-2-8-17/h3-5,10,13H,1-2,6-9,11-12H2. The molecule has 0 radical (unpaired) electrons. The maximum atomic E-state index is 12.4. The highest BCUT2D eigenvalue weighted by Crippen LogP contribution is 2.42. The number of hydrogen-bond acceptors (Lipinski definition) is 3. The maximum Gasteiger partial charge on any atom is 0.173 e. The lowest BCUT2D eigenvalue weighted by Gasteiger charge is -2.37. The van der Waals surface area contributed by atoms with E-state index in [4.69, 9.17) is 21.1 Å². The van der Waals surface area contributed by atoms with Crippen LogP contribution in [0.4, 0.5) is 0 Å². The Bertz CT molecular complexity index is 509. The van der Waals surface area contributed by atoms with Crippen LogP contribution in [0.3, 0.4) is 0 Å². The van der Waals surface area contributed by atoms with E-state index in [9.17, 15) is 4.79 Å². The zero-order valence-electron chi connectivity index (χ0n) is 12.1. The molecule has 3 rings (SSSR count).